The lowest BCUT2D eigenvalue weighted by Gasteiger charge is -2.07. The summed E-state index contributed by atoms with van der Waals surface area (Å²) in [5.41, 5.74) is 3.53. The van der Waals surface area contributed by atoms with E-state index in [1.165, 1.54) is 5.56 Å². The Balaban J connectivity index is 1.48. The minimum Gasteiger partial charge on any atom is -0.457 e. The van der Waals surface area contributed by atoms with Gasteiger partial charge in [0.25, 0.3) is 5.91 Å². The molecule has 1 N–H and O–H groups in total. The Morgan fingerprint density at radius 1 is 0.862 bits per heavy atom. The summed E-state index contributed by atoms with van der Waals surface area (Å²) in [4.78, 5) is 12.6. The number of aromatic nitrogens is 2. The van der Waals surface area contributed by atoms with Crippen LogP contribution >= 0.6 is 0 Å². The molecular formula is C23H19N3O3. The van der Waals surface area contributed by atoms with Gasteiger partial charge in [-0.1, -0.05) is 35.4 Å². The number of benzene rings is 3. The summed E-state index contributed by atoms with van der Waals surface area (Å²) in [6, 6.07) is 22.2. The average molecular weight is 385 g/mol. The molecule has 29 heavy (non-hydrogen) atoms. The Hall–Kier alpha value is -3.93. The zero-order chi connectivity index (χ0) is 20.2. The Morgan fingerprint density at radius 3 is 2.45 bits per heavy atom. The summed E-state index contributed by atoms with van der Waals surface area (Å²) < 4.78 is 11.4. The van der Waals surface area contributed by atoms with Crippen molar-refractivity contribution >= 4 is 11.9 Å². The van der Waals surface area contributed by atoms with Crippen LogP contribution in [0.25, 0.3) is 11.5 Å². The third kappa shape index (κ3) is 4.32. The molecule has 0 atom stereocenters. The van der Waals surface area contributed by atoms with E-state index in [0.29, 0.717) is 23.0 Å². The van der Waals surface area contributed by atoms with E-state index in [1.54, 1.807) is 24.3 Å². The molecule has 1 heterocycles. The predicted molar refractivity (Wildman–Crippen MR) is 110 cm³/mol. The number of nitrogens with one attached hydrogen (secondary N) is 1. The standard InChI is InChI=1S/C23H19N3O3/c1-15-11-12-18(13-16(15)2)22-25-26-23(29-22)24-21(27)17-7-6-10-20(14-17)28-19-8-4-3-5-9-19/h3-14H,1-2H3,(H,24,26,27). The van der Waals surface area contributed by atoms with Crippen molar-refractivity contribution in [3.63, 3.8) is 0 Å². The van der Waals surface area contributed by atoms with Crippen LogP contribution in [0.3, 0.4) is 0 Å². The van der Waals surface area contributed by atoms with Crippen LogP contribution in [0.2, 0.25) is 0 Å². The highest BCUT2D eigenvalue weighted by Crippen LogP contribution is 2.24. The third-order valence-electron chi connectivity index (χ3n) is 4.47. The Bertz CT molecular complexity index is 1150. The quantitative estimate of drug-likeness (QED) is 0.498. The lowest BCUT2D eigenvalue weighted by molar-refractivity contribution is 0.102. The summed E-state index contributed by atoms with van der Waals surface area (Å²) in [7, 11) is 0. The molecule has 0 aliphatic rings. The lowest BCUT2D eigenvalue weighted by Crippen LogP contribution is -2.12. The van der Waals surface area contributed by atoms with E-state index < -0.39 is 0 Å². The largest absolute Gasteiger partial charge is 0.457 e. The number of amides is 1. The molecular weight excluding hydrogens is 366 g/mol. The average Bonchev–Trinajstić information content (AvgIpc) is 3.19. The molecule has 6 heteroatoms. The first-order valence-electron chi connectivity index (χ1n) is 9.14. The van der Waals surface area contributed by atoms with E-state index in [-0.39, 0.29) is 11.9 Å². The van der Waals surface area contributed by atoms with Crippen molar-refractivity contribution in [2.45, 2.75) is 13.8 Å². The molecule has 3 aromatic carbocycles. The summed E-state index contributed by atoms with van der Waals surface area (Å²) in [6.07, 6.45) is 0. The maximum absolute atomic E-state index is 12.6. The minimum absolute atomic E-state index is 0.0395. The second-order valence-electron chi connectivity index (χ2n) is 6.61. The molecule has 0 spiro atoms. The molecule has 0 radical (unpaired) electrons. The molecule has 0 aliphatic heterocycles. The van der Waals surface area contributed by atoms with E-state index in [2.05, 4.69) is 15.5 Å². The number of nitrogens with zero attached hydrogens (tertiary/aromatic N) is 2. The topological polar surface area (TPSA) is 77.2 Å². The first kappa shape index (κ1) is 18.4. The van der Waals surface area contributed by atoms with Gasteiger partial charge in [0.05, 0.1) is 0 Å². The van der Waals surface area contributed by atoms with Gasteiger partial charge in [-0.25, -0.2) is 0 Å². The molecule has 144 valence electrons. The van der Waals surface area contributed by atoms with Gasteiger partial charge in [0.15, 0.2) is 0 Å². The number of hydrogen-bond acceptors (Lipinski definition) is 5. The van der Waals surface area contributed by atoms with Crippen molar-refractivity contribution in [3.05, 3.63) is 89.5 Å². The van der Waals surface area contributed by atoms with Gasteiger partial charge < -0.3 is 9.15 Å². The number of aryl methyl sites for hydroxylation is 2. The zero-order valence-corrected chi connectivity index (χ0v) is 16.0. The molecule has 0 unspecified atom stereocenters. The Kier molecular flexibility index (Phi) is 5.07. The van der Waals surface area contributed by atoms with E-state index >= 15 is 0 Å². The van der Waals surface area contributed by atoms with Crippen LogP contribution < -0.4 is 10.1 Å². The number of ether oxygens (including phenoxy) is 1. The second-order valence-corrected chi connectivity index (χ2v) is 6.61. The smallest absolute Gasteiger partial charge is 0.322 e. The molecule has 0 saturated carbocycles. The molecule has 6 nitrogen and oxygen atoms in total. The number of hydrogen-bond donors (Lipinski definition) is 1. The number of carbonyl (C=O) groups is 1. The van der Waals surface area contributed by atoms with Crippen molar-refractivity contribution in [1.82, 2.24) is 10.2 Å². The summed E-state index contributed by atoms with van der Waals surface area (Å²) in [5.74, 6) is 1.24. The summed E-state index contributed by atoms with van der Waals surface area (Å²) >= 11 is 0. The van der Waals surface area contributed by atoms with Crippen LogP contribution in [0.1, 0.15) is 21.5 Å². The second kappa shape index (κ2) is 7.98. The van der Waals surface area contributed by atoms with E-state index in [0.717, 1.165) is 11.1 Å². The molecule has 0 bridgehead atoms. The summed E-state index contributed by atoms with van der Waals surface area (Å²) in [6.45, 7) is 4.05. The molecule has 1 aromatic heterocycles. The van der Waals surface area contributed by atoms with Crippen LogP contribution in [-0.4, -0.2) is 16.1 Å². The lowest BCUT2D eigenvalue weighted by atomic mass is 10.1. The predicted octanol–water partition coefficient (Wildman–Crippen LogP) is 5.40. The fourth-order valence-corrected chi connectivity index (χ4v) is 2.76. The van der Waals surface area contributed by atoms with Crippen LogP contribution in [0.15, 0.2) is 77.2 Å². The van der Waals surface area contributed by atoms with E-state index in [1.807, 2.05) is 62.4 Å². The minimum atomic E-state index is -0.362. The first-order chi connectivity index (χ1) is 14.1. The number of rotatable bonds is 5. The van der Waals surface area contributed by atoms with E-state index in [9.17, 15) is 4.79 Å². The van der Waals surface area contributed by atoms with Gasteiger partial charge in [-0.05, 0) is 67.4 Å². The highest BCUT2D eigenvalue weighted by atomic mass is 16.5. The van der Waals surface area contributed by atoms with Gasteiger partial charge in [0.2, 0.25) is 5.89 Å². The molecule has 1 amide bonds. The fraction of sp³-hybridized carbons (Fsp3) is 0.0870. The van der Waals surface area contributed by atoms with Crippen molar-refractivity contribution in [2.75, 3.05) is 5.32 Å². The zero-order valence-electron chi connectivity index (χ0n) is 16.0. The first-order valence-corrected chi connectivity index (χ1v) is 9.14. The number of carbonyl (C=O) groups excluding carboxylic acids is 1. The van der Waals surface area contributed by atoms with Crippen LogP contribution in [0.5, 0.6) is 11.5 Å². The van der Waals surface area contributed by atoms with Crippen LogP contribution in [0.4, 0.5) is 6.01 Å². The van der Waals surface area contributed by atoms with Gasteiger partial charge in [-0.3, -0.25) is 10.1 Å². The fourth-order valence-electron chi connectivity index (χ4n) is 2.76. The third-order valence-corrected chi connectivity index (χ3v) is 4.47. The van der Waals surface area contributed by atoms with Crippen LogP contribution in [0, 0.1) is 13.8 Å². The molecule has 0 aliphatic carbocycles. The molecule has 0 saturated heterocycles. The number of anilines is 1. The maximum atomic E-state index is 12.6. The SMILES string of the molecule is Cc1ccc(-c2nnc(NC(=O)c3cccc(Oc4ccccc4)c3)o2)cc1C. The Labute approximate surface area is 168 Å². The van der Waals surface area contributed by atoms with Crippen molar-refractivity contribution in [3.8, 4) is 23.0 Å². The van der Waals surface area contributed by atoms with Gasteiger partial charge in [-0.2, -0.15) is 0 Å². The van der Waals surface area contributed by atoms with Crippen molar-refractivity contribution < 1.29 is 13.9 Å². The summed E-state index contributed by atoms with van der Waals surface area (Å²) in [5, 5.41) is 10.6. The van der Waals surface area contributed by atoms with Gasteiger partial charge in [0, 0.05) is 11.1 Å². The van der Waals surface area contributed by atoms with Crippen molar-refractivity contribution in [1.29, 1.82) is 0 Å². The molecule has 4 aromatic rings. The van der Waals surface area contributed by atoms with Gasteiger partial charge in [0.1, 0.15) is 11.5 Å². The molecule has 0 fully saturated rings. The van der Waals surface area contributed by atoms with Gasteiger partial charge in [-0.15, -0.1) is 5.10 Å². The highest BCUT2D eigenvalue weighted by Gasteiger charge is 2.14. The Morgan fingerprint density at radius 2 is 1.66 bits per heavy atom. The highest BCUT2D eigenvalue weighted by molar-refractivity contribution is 6.03. The molecule has 4 rings (SSSR count). The monoisotopic (exact) mass is 385 g/mol. The normalized spacial score (nSPS) is 10.6. The van der Waals surface area contributed by atoms with Gasteiger partial charge >= 0.3 is 6.01 Å². The maximum Gasteiger partial charge on any atom is 0.322 e. The van der Waals surface area contributed by atoms with Crippen LogP contribution in [-0.2, 0) is 0 Å². The number of para-hydroxylation sites is 1. The van der Waals surface area contributed by atoms with E-state index in [4.69, 9.17) is 9.15 Å². The van der Waals surface area contributed by atoms with Crippen molar-refractivity contribution in [2.24, 2.45) is 0 Å².